The molecule has 0 bridgehead atoms. The maximum Gasteiger partial charge on any atom is 0.389 e. The molecule has 2 N–H and O–H groups in total. The molecule has 1 fully saturated rings. The SMILES string of the molecule is FC(F)(F)CCCCNC(=NCCCN1CCOCC1)NCCc1ccco1.I. The van der Waals surface area contributed by atoms with Gasteiger partial charge in [-0.25, -0.2) is 0 Å². The molecule has 10 heteroatoms. The van der Waals surface area contributed by atoms with Crippen LogP contribution in [0.2, 0.25) is 0 Å². The molecule has 6 nitrogen and oxygen atoms in total. The molecule has 0 radical (unpaired) electrons. The second kappa shape index (κ2) is 14.9. The van der Waals surface area contributed by atoms with Gasteiger partial charge in [0.05, 0.1) is 19.5 Å². The highest BCUT2D eigenvalue weighted by molar-refractivity contribution is 14.0. The Balaban J connectivity index is 0.00000420. The minimum atomic E-state index is -4.09. The zero-order valence-corrected chi connectivity index (χ0v) is 19.0. The largest absolute Gasteiger partial charge is 0.469 e. The number of guanidine groups is 1. The maximum atomic E-state index is 12.2. The second-order valence-corrected chi connectivity index (χ2v) is 6.79. The van der Waals surface area contributed by atoms with Gasteiger partial charge in [-0.15, -0.1) is 24.0 Å². The number of ether oxygens (including phenoxy) is 1. The number of alkyl halides is 3. The fourth-order valence-corrected chi connectivity index (χ4v) is 2.90. The van der Waals surface area contributed by atoms with Crippen LogP contribution in [0.3, 0.4) is 0 Å². The first kappa shape index (κ1) is 26.0. The van der Waals surface area contributed by atoms with E-state index < -0.39 is 12.6 Å². The van der Waals surface area contributed by atoms with E-state index in [1.807, 2.05) is 12.1 Å². The van der Waals surface area contributed by atoms with E-state index in [4.69, 9.17) is 9.15 Å². The van der Waals surface area contributed by atoms with Crippen LogP contribution in [0.4, 0.5) is 13.2 Å². The van der Waals surface area contributed by atoms with Gasteiger partial charge in [0.2, 0.25) is 0 Å². The summed E-state index contributed by atoms with van der Waals surface area (Å²) >= 11 is 0. The Morgan fingerprint density at radius 3 is 2.55 bits per heavy atom. The van der Waals surface area contributed by atoms with Crippen LogP contribution in [0.1, 0.15) is 31.4 Å². The van der Waals surface area contributed by atoms with E-state index in [9.17, 15) is 13.2 Å². The van der Waals surface area contributed by atoms with E-state index >= 15 is 0 Å². The second-order valence-electron chi connectivity index (χ2n) is 6.79. The van der Waals surface area contributed by atoms with Crippen molar-refractivity contribution in [3.63, 3.8) is 0 Å². The lowest BCUT2D eigenvalue weighted by Crippen LogP contribution is -2.39. The summed E-state index contributed by atoms with van der Waals surface area (Å²) in [5, 5.41) is 6.36. The van der Waals surface area contributed by atoms with Gasteiger partial charge in [-0.3, -0.25) is 9.89 Å². The molecule has 0 saturated carbocycles. The summed E-state index contributed by atoms with van der Waals surface area (Å²) < 4.78 is 47.3. The van der Waals surface area contributed by atoms with Crippen molar-refractivity contribution in [2.75, 3.05) is 52.5 Å². The van der Waals surface area contributed by atoms with Crippen molar-refractivity contribution < 1.29 is 22.3 Å². The first-order valence-corrected chi connectivity index (χ1v) is 9.94. The van der Waals surface area contributed by atoms with E-state index in [1.165, 1.54) is 0 Å². The predicted molar refractivity (Wildman–Crippen MR) is 118 cm³/mol. The molecule has 1 aliphatic heterocycles. The molecule has 1 aliphatic rings. The van der Waals surface area contributed by atoms with Crippen LogP contribution in [0, 0.1) is 0 Å². The number of halogens is 4. The van der Waals surface area contributed by atoms with Crippen LogP contribution < -0.4 is 10.6 Å². The molecule has 0 aromatic carbocycles. The average molecular weight is 532 g/mol. The van der Waals surface area contributed by atoms with Crippen LogP contribution in [0.25, 0.3) is 0 Å². The van der Waals surface area contributed by atoms with Crippen molar-refractivity contribution >= 4 is 29.9 Å². The van der Waals surface area contributed by atoms with Gasteiger partial charge in [-0.1, -0.05) is 0 Å². The number of rotatable bonds is 11. The maximum absolute atomic E-state index is 12.2. The normalized spacial score (nSPS) is 15.8. The van der Waals surface area contributed by atoms with E-state index in [0.717, 1.165) is 51.4 Å². The van der Waals surface area contributed by atoms with E-state index in [-0.39, 0.29) is 30.4 Å². The number of furan rings is 1. The highest BCUT2D eigenvalue weighted by Gasteiger charge is 2.25. The fraction of sp³-hybridized carbons (Fsp3) is 0.737. The Morgan fingerprint density at radius 2 is 1.86 bits per heavy atom. The topological polar surface area (TPSA) is 62.0 Å². The molecule has 0 aliphatic carbocycles. The molecule has 0 spiro atoms. The summed E-state index contributed by atoms with van der Waals surface area (Å²) in [6, 6.07) is 3.75. The first-order valence-electron chi connectivity index (χ1n) is 9.94. The van der Waals surface area contributed by atoms with Crippen molar-refractivity contribution in [1.29, 1.82) is 0 Å². The van der Waals surface area contributed by atoms with E-state index in [0.29, 0.717) is 32.0 Å². The molecular weight excluding hydrogens is 500 g/mol. The highest BCUT2D eigenvalue weighted by Crippen LogP contribution is 2.21. The molecule has 29 heavy (non-hydrogen) atoms. The first-order chi connectivity index (χ1) is 13.5. The lowest BCUT2D eigenvalue weighted by atomic mass is 10.2. The monoisotopic (exact) mass is 532 g/mol. The van der Waals surface area contributed by atoms with Gasteiger partial charge in [0.25, 0.3) is 0 Å². The van der Waals surface area contributed by atoms with Crippen LogP contribution in [0.5, 0.6) is 0 Å². The lowest BCUT2D eigenvalue weighted by molar-refractivity contribution is -0.135. The number of unbranched alkanes of at least 4 members (excludes halogenated alkanes) is 1. The minimum absolute atomic E-state index is 0. The molecule has 1 saturated heterocycles. The number of hydrogen-bond acceptors (Lipinski definition) is 4. The number of nitrogens with one attached hydrogen (secondary N) is 2. The fourth-order valence-electron chi connectivity index (χ4n) is 2.90. The van der Waals surface area contributed by atoms with Crippen LogP contribution in [0.15, 0.2) is 27.8 Å². The summed E-state index contributed by atoms with van der Waals surface area (Å²) in [5.74, 6) is 1.52. The van der Waals surface area contributed by atoms with Gasteiger partial charge in [0.1, 0.15) is 5.76 Å². The third kappa shape index (κ3) is 13.0. The van der Waals surface area contributed by atoms with Gasteiger partial charge in [0, 0.05) is 52.1 Å². The molecule has 1 aromatic heterocycles. The predicted octanol–water partition coefficient (Wildman–Crippen LogP) is 3.43. The van der Waals surface area contributed by atoms with Crippen molar-refractivity contribution in [2.24, 2.45) is 4.99 Å². The van der Waals surface area contributed by atoms with Crippen LogP contribution >= 0.6 is 24.0 Å². The van der Waals surface area contributed by atoms with Crippen LogP contribution in [-0.2, 0) is 11.2 Å². The minimum Gasteiger partial charge on any atom is -0.469 e. The molecule has 2 heterocycles. The lowest BCUT2D eigenvalue weighted by Gasteiger charge is -2.26. The summed E-state index contributed by atoms with van der Waals surface area (Å²) in [6.45, 7) is 6.21. The molecule has 0 unspecified atom stereocenters. The summed E-state index contributed by atoms with van der Waals surface area (Å²) in [5.41, 5.74) is 0. The quantitative estimate of drug-likeness (QED) is 0.198. The van der Waals surface area contributed by atoms with Gasteiger partial charge in [-0.05, 0) is 31.4 Å². The Kier molecular flexibility index (Phi) is 13.4. The smallest absolute Gasteiger partial charge is 0.389 e. The van der Waals surface area contributed by atoms with Crippen LogP contribution in [-0.4, -0.2) is 69.5 Å². The summed E-state index contributed by atoms with van der Waals surface area (Å²) in [7, 11) is 0. The van der Waals surface area contributed by atoms with Gasteiger partial charge in [-0.2, -0.15) is 13.2 Å². The van der Waals surface area contributed by atoms with Crippen molar-refractivity contribution in [3.8, 4) is 0 Å². The van der Waals surface area contributed by atoms with Gasteiger partial charge < -0.3 is 19.8 Å². The third-order valence-corrected chi connectivity index (χ3v) is 4.43. The molecule has 0 atom stereocenters. The van der Waals surface area contributed by atoms with E-state index in [1.54, 1.807) is 6.26 Å². The zero-order chi connectivity index (χ0) is 20.1. The zero-order valence-electron chi connectivity index (χ0n) is 16.7. The van der Waals surface area contributed by atoms with Crippen molar-refractivity contribution in [1.82, 2.24) is 15.5 Å². The van der Waals surface area contributed by atoms with Crippen molar-refractivity contribution in [2.45, 2.75) is 38.3 Å². The number of nitrogens with zero attached hydrogens (tertiary/aromatic N) is 2. The van der Waals surface area contributed by atoms with Gasteiger partial charge in [0.15, 0.2) is 5.96 Å². The third-order valence-electron chi connectivity index (χ3n) is 4.43. The summed E-state index contributed by atoms with van der Waals surface area (Å²) in [6.07, 6.45) is -0.979. The summed E-state index contributed by atoms with van der Waals surface area (Å²) in [4.78, 5) is 6.91. The molecule has 1 aromatic rings. The standard InChI is InChI=1S/C19H31F3N4O2.HI/c20-19(21,22)7-1-2-8-23-18(25-10-6-17-5-3-14-28-17)24-9-4-11-26-12-15-27-16-13-26;/h3,5,14H,1-2,4,6-13,15-16H2,(H2,23,24,25);1H. The van der Waals surface area contributed by atoms with E-state index in [2.05, 4.69) is 20.5 Å². The molecule has 2 rings (SSSR count). The average Bonchev–Trinajstić information content (AvgIpc) is 3.18. The highest BCUT2D eigenvalue weighted by atomic mass is 127. The molecular formula is C19H32F3IN4O2. The Labute approximate surface area is 187 Å². The Bertz CT molecular complexity index is 550. The van der Waals surface area contributed by atoms with Gasteiger partial charge >= 0.3 is 6.18 Å². The number of aliphatic imine (C=N–C) groups is 1. The molecule has 0 amide bonds. The number of morpholine rings is 1. The van der Waals surface area contributed by atoms with Crippen molar-refractivity contribution in [3.05, 3.63) is 24.2 Å². The Hall–Kier alpha value is -1.01. The molecule has 168 valence electrons. The Morgan fingerprint density at radius 1 is 1.10 bits per heavy atom. The number of hydrogen-bond donors (Lipinski definition) is 2.